The molecule has 0 fully saturated rings. The first-order valence-corrected chi connectivity index (χ1v) is 6.88. The summed E-state index contributed by atoms with van der Waals surface area (Å²) in [7, 11) is -3.23. The van der Waals surface area contributed by atoms with E-state index in [2.05, 4.69) is 5.32 Å². The lowest BCUT2D eigenvalue weighted by Gasteiger charge is -2.19. The topological polar surface area (TPSA) is 147 Å². The van der Waals surface area contributed by atoms with Gasteiger partial charge in [-0.25, -0.2) is 13.2 Å². The highest BCUT2D eigenvalue weighted by molar-refractivity contribution is 7.90. The first-order valence-electron chi connectivity index (χ1n) is 4.82. The number of primary amides is 1. The van der Waals surface area contributed by atoms with Gasteiger partial charge in [-0.3, -0.25) is 9.59 Å². The monoisotopic (exact) mass is 281 g/mol. The van der Waals surface area contributed by atoms with Gasteiger partial charge in [-0.05, 0) is 0 Å². The standard InChI is InChI=1S/C8H15N3O6S/c1-18(16,17)3-2-10-8(15)11(4-6(9)12)5-7(13)14/h2-5H2,1H3,(H2,9,12)(H,10,15)(H,13,14). The van der Waals surface area contributed by atoms with Crippen LogP contribution >= 0.6 is 0 Å². The van der Waals surface area contributed by atoms with E-state index in [1.165, 1.54) is 0 Å². The number of hydrogen-bond donors (Lipinski definition) is 3. The quantitative estimate of drug-likeness (QED) is 0.474. The second-order valence-corrected chi connectivity index (χ2v) is 5.84. The molecule has 0 bridgehead atoms. The molecule has 0 aliphatic rings. The molecule has 0 saturated heterocycles. The van der Waals surface area contributed by atoms with Gasteiger partial charge in [0.05, 0.1) is 5.75 Å². The molecule has 104 valence electrons. The van der Waals surface area contributed by atoms with Crippen LogP contribution in [0.25, 0.3) is 0 Å². The number of amides is 3. The molecule has 0 aliphatic heterocycles. The van der Waals surface area contributed by atoms with Crippen LogP contribution in [0.3, 0.4) is 0 Å². The van der Waals surface area contributed by atoms with Crippen molar-refractivity contribution in [3.8, 4) is 0 Å². The third-order valence-corrected chi connectivity index (χ3v) is 2.65. The lowest BCUT2D eigenvalue weighted by molar-refractivity contribution is -0.137. The summed E-state index contributed by atoms with van der Waals surface area (Å²) in [6.07, 6.45) is 0.998. The van der Waals surface area contributed by atoms with Crippen molar-refractivity contribution < 1.29 is 27.9 Å². The molecule has 9 nitrogen and oxygen atoms in total. The van der Waals surface area contributed by atoms with Crippen molar-refractivity contribution in [3.63, 3.8) is 0 Å². The van der Waals surface area contributed by atoms with Crippen LogP contribution in [0.4, 0.5) is 4.79 Å². The fourth-order valence-corrected chi connectivity index (χ4v) is 1.48. The van der Waals surface area contributed by atoms with E-state index in [1.807, 2.05) is 0 Å². The second-order valence-electron chi connectivity index (χ2n) is 3.58. The number of carboxylic acid groups (broad SMARTS) is 1. The van der Waals surface area contributed by atoms with E-state index in [4.69, 9.17) is 10.8 Å². The van der Waals surface area contributed by atoms with Crippen molar-refractivity contribution in [1.82, 2.24) is 10.2 Å². The number of sulfone groups is 1. The average molecular weight is 281 g/mol. The molecule has 0 heterocycles. The molecule has 0 unspecified atom stereocenters. The Bertz CT molecular complexity index is 416. The van der Waals surface area contributed by atoms with Gasteiger partial charge < -0.3 is 21.1 Å². The molecular weight excluding hydrogens is 266 g/mol. The number of aliphatic carboxylic acids is 1. The van der Waals surface area contributed by atoms with Crippen molar-refractivity contribution in [3.05, 3.63) is 0 Å². The zero-order valence-corrected chi connectivity index (χ0v) is 10.6. The number of urea groups is 1. The van der Waals surface area contributed by atoms with Gasteiger partial charge in [0.25, 0.3) is 0 Å². The molecular formula is C8H15N3O6S. The predicted octanol–water partition coefficient (Wildman–Crippen LogP) is -2.39. The molecule has 0 spiro atoms. The van der Waals surface area contributed by atoms with Crippen molar-refractivity contribution in [2.75, 3.05) is 31.6 Å². The van der Waals surface area contributed by atoms with E-state index in [0.717, 1.165) is 6.26 Å². The molecule has 0 radical (unpaired) electrons. The average Bonchev–Trinajstić information content (AvgIpc) is 2.12. The van der Waals surface area contributed by atoms with Crippen molar-refractivity contribution in [2.45, 2.75) is 0 Å². The zero-order chi connectivity index (χ0) is 14.3. The summed E-state index contributed by atoms with van der Waals surface area (Å²) >= 11 is 0. The van der Waals surface area contributed by atoms with E-state index >= 15 is 0 Å². The summed E-state index contributed by atoms with van der Waals surface area (Å²) in [5.74, 6) is -2.46. The highest BCUT2D eigenvalue weighted by Gasteiger charge is 2.18. The first-order chi connectivity index (χ1) is 8.11. The fourth-order valence-electron chi connectivity index (χ4n) is 1.01. The highest BCUT2D eigenvalue weighted by atomic mass is 32.2. The Balaban J connectivity index is 4.37. The SMILES string of the molecule is CS(=O)(=O)CCNC(=O)N(CC(N)=O)CC(=O)O. The summed E-state index contributed by atoms with van der Waals surface area (Å²) in [5, 5.41) is 10.7. The largest absolute Gasteiger partial charge is 0.480 e. The highest BCUT2D eigenvalue weighted by Crippen LogP contribution is 1.90. The number of nitrogens with zero attached hydrogens (tertiary/aromatic N) is 1. The number of carbonyl (C=O) groups is 3. The van der Waals surface area contributed by atoms with Gasteiger partial charge in [0, 0.05) is 12.8 Å². The summed E-state index contributed by atoms with van der Waals surface area (Å²) in [6.45, 7) is -1.43. The van der Waals surface area contributed by atoms with Gasteiger partial charge in [0.2, 0.25) is 5.91 Å². The molecule has 0 aromatic carbocycles. The Morgan fingerprint density at radius 3 is 2.22 bits per heavy atom. The Morgan fingerprint density at radius 1 is 1.28 bits per heavy atom. The van der Waals surface area contributed by atoms with E-state index in [-0.39, 0.29) is 12.3 Å². The molecule has 0 rings (SSSR count). The van der Waals surface area contributed by atoms with Crippen LogP contribution in [0.15, 0.2) is 0 Å². The minimum atomic E-state index is -3.23. The van der Waals surface area contributed by atoms with Gasteiger partial charge in [-0.1, -0.05) is 0 Å². The maximum Gasteiger partial charge on any atom is 0.323 e. The maximum atomic E-state index is 11.4. The van der Waals surface area contributed by atoms with E-state index in [9.17, 15) is 22.8 Å². The molecule has 0 aromatic rings. The zero-order valence-electron chi connectivity index (χ0n) is 9.75. The van der Waals surface area contributed by atoms with Crippen molar-refractivity contribution in [2.24, 2.45) is 5.73 Å². The van der Waals surface area contributed by atoms with Crippen molar-refractivity contribution in [1.29, 1.82) is 0 Å². The van der Waals surface area contributed by atoms with Crippen LogP contribution in [-0.4, -0.2) is 68.0 Å². The number of hydrogen-bond acceptors (Lipinski definition) is 5. The Labute approximate surface area is 104 Å². The Morgan fingerprint density at radius 2 is 1.83 bits per heavy atom. The lowest BCUT2D eigenvalue weighted by atomic mass is 10.4. The number of carboxylic acids is 1. The normalized spacial score (nSPS) is 10.7. The van der Waals surface area contributed by atoms with Crippen LogP contribution in [0.5, 0.6) is 0 Å². The maximum absolute atomic E-state index is 11.4. The van der Waals surface area contributed by atoms with Crippen LogP contribution in [0.1, 0.15) is 0 Å². The Hall–Kier alpha value is -1.84. The third kappa shape index (κ3) is 8.33. The second kappa shape index (κ2) is 6.79. The summed E-state index contributed by atoms with van der Waals surface area (Å²) in [6, 6.07) is -0.861. The molecule has 18 heavy (non-hydrogen) atoms. The number of carbonyl (C=O) groups excluding carboxylic acids is 2. The minimum Gasteiger partial charge on any atom is -0.480 e. The lowest BCUT2D eigenvalue weighted by Crippen LogP contribution is -2.47. The van der Waals surface area contributed by atoms with E-state index < -0.39 is 40.8 Å². The Kier molecular flexibility index (Phi) is 6.09. The number of nitrogens with two attached hydrogens (primary N) is 1. The van der Waals surface area contributed by atoms with Gasteiger partial charge in [0.1, 0.15) is 22.9 Å². The first kappa shape index (κ1) is 16.2. The molecule has 0 aliphatic carbocycles. The van der Waals surface area contributed by atoms with Gasteiger partial charge in [0.15, 0.2) is 0 Å². The molecule has 0 atom stereocenters. The van der Waals surface area contributed by atoms with Crippen molar-refractivity contribution >= 4 is 27.7 Å². The molecule has 0 aromatic heterocycles. The predicted molar refractivity (Wildman–Crippen MR) is 61.5 cm³/mol. The van der Waals surface area contributed by atoms with Crippen LogP contribution in [-0.2, 0) is 19.4 Å². The number of rotatable bonds is 7. The summed E-state index contributed by atoms with van der Waals surface area (Å²) in [5.41, 5.74) is 4.86. The van der Waals surface area contributed by atoms with Crippen LogP contribution in [0.2, 0.25) is 0 Å². The summed E-state index contributed by atoms with van der Waals surface area (Å²) < 4.78 is 21.6. The minimum absolute atomic E-state index is 0.174. The summed E-state index contributed by atoms with van der Waals surface area (Å²) in [4.78, 5) is 33.2. The third-order valence-electron chi connectivity index (χ3n) is 1.71. The fraction of sp³-hybridized carbons (Fsp3) is 0.625. The molecule has 10 heteroatoms. The molecule has 0 saturated carbocycles. The number of nitrogens with one attached hydrogen (secondary N) is 1. The van der Waals surface area contributed by atoms with E-state index in [1.54, 1.807) is 0 Å². The van der Waals surface area contributed by atoms with Gasteiger partial charge >= 0.3 is 12.0 Å². The van der Waals surface area contributed by atoms with Crippen LogP contribution in [0, 0.1) is 0 Å². The molecule has 3 amide bonds. The van der Waals surface area contributed by atoms with Gasteiger partial charge in [-0.15, -0.1) is 0 Å². The van der Waals surface area contributed by atoms with Crippen LogP contribution < -0.4 is 11.1 Å². The smallest absolute Gasteiger partial charge is 0.323 e. The molecule has 4 N–H and O–H groups in total. The van der Waals surface area contributed by atoms with Gasteiger partial charge in [-0.2, -0.15) is 0 Å². The van der Waals surface area contributed by atoms with E-state index in [0.29, 0.717) is 4.90 Å².